The molecule has 3 aliphatic heterocycles. The van der Waals surface area contributed by atoms with Crippen LogP contribution in [-0.2, 0) is 4.74 Å². The van der Waals surface area contributed by atoms with Crippen molar-refractivity contribution in [3.05, 3.63) is 33.9 Å². The second kappa shape index (κ2) is 7.11. The van der Waals surface area contributed by atoms with E-state index in [9.17, 15) is 14.7 Å². The summed E-state index contributed by atoms with van der Waals surface area (Å²) in [5, 5.41) is 9.40. The van der Waals surface area contributed by atoms with E-state index >= 15 is 4.39 Å². The van der Waals surface area contributed by atoms with Gasteiger partial charge in [-0.2, -0.15) is 0 Å². The molecular formula is C20H23ClFN3O5. The van der Waals surface area contributed by atoms with Gasteiger partial charge in [0.1, 0.15) is 23.5 Å². The highest BCUT2D eigenvalue weighted by molar-refractivity contribution is 5.97. The zero-order valence-electron chi connectivity index (χ0n) is 16.4. The lowest BCUT2D eigenvalue weighted by molar-refractivity contribution is 0.0126. The molecule has 0 bridgehead atoms. The highest BCUT2D eigenvalue weighted by Crippen LogP contribution is 2.47. The molecule has 2 saturated heterocycles. The molecule has 0 spiro atoms. The van der Waals surface area contributed by atoms with Gasteiger partial charge in [0, 0.05) is 38.4 Å². The fourth-order valence-corrected chi connectivity index (χ4v) is 4.99. The van der Waals surface area contributed by atoms with Crippen LogP contribution in [0.15, 0.2) is 17.1 Å². The molecule has 2 unspecified atom stereocenters. The third kappa shape index (κ3) is 2.72. The molecule has 0 amide bonds. The molecule has 30 heavy (non-hydrogen) atoms. The molecule has 3 aliphatic rings. The number of halogens is 2. The van der Waals surface area contributed by atoms with Gasteiger partial charge >= 0.3 is 5.97 Å². The molecule has 8 nitrogen and oxygen atoms in total. The minimum Gasteiger partial charge on any atom is -0.487 e. The van der Waals surface area contributed by atoms with Crippen LogP contribution in [0.1, 0.15) is 29.7 Å². The second-order valence-electron chi connectivity index (χ2n) is 8.16. The van der Waals surface area contributed by atoms with Gasteiger partial charge in [-0.25, -0.2) is 9.18 Å². The first-order chi connectivity index (χ1) is 13.9. The van der Waals surface area contributed by atoms with E-state index in [1.807, 2.05) is 11.8 Å². The summed E-state index contributed by atoms with van der Waals surface area (Å²) in [6.07, 6.45) is 2.19. The second-order valence-corrected chi connectivity index (χ2v) is 8.16. The number of nitrogens with two attached hydrogens (primary N) is 1. The Kier molecular flexibility index (Phi) is 4.95. The number of aromatic carboxylic acids is 1. The van der Waals surface area contributed by atoms with E-state index in [-0.39, 0.29) is 53.4 Å². The zero-order valence-corrected chi connectivity index (χ0v) is 17.2. The lowest BCUT2D eigenvalue weighted by atomic mass is 9.91. The fraction of sp³-hybridized carbons (Fsp3) is 0.500. The molecule has 0 saturated carbocycles. The summed E-state index contributed by atoms with van der Waals surface area (Å²) in [4.78, 5) is 26.1. The minimum atomic E-state index is -1.33. The van der Waals surface area contributed by atoms with Crippen LogP contribution in [0, 0.1) is 11.7 Å². The van der Waals surface area contributed by atoms with Crippen molar-refractivity contribution in [2.45, 2.75) is 25.0 Å². The number of pyridine rings is 1. The normalized spacial score (nSPS) is 27.0. The summed E-state index contributed by atoms with van der Waals surface area (Å²) in [5.74, 6) is -1.46. The van der Waals surface area contributed by atoms with Crippen molar-refractivity contribution in [3.63, 3.8) is 0 Å². The lowest BCUT2D eigenvalue weighted by Gasteiger charge is -2.32. The van der Waals surface area contributed by atoms with E-state index in [2.05, 4.69) is 0 Å². The van der Waals surface area contributed by atoms with Crippen LogP contribution < -0.4 is 20.8 Å². The summed E-state index contributed by atoms with van der Waals surface area (Å²) >= 11 is 0. The molecule has 0 radical (unpaired) electrons. The first kappa shape index (κ1) is 20.9. The van der Waals surface area contributed by atoms with Crippen LogP contribution >= 0.6 is 12.4 Å². The number of carboxylic acids is 1. The molecule has 4 heterocycles. The highest BCUT2D eigenvalue weighted by Gasteiger charge is 2.51. The molecule has 0 aliphatic carbocycles. The van der Waals surface area contributed by atoms with Gasteiger partial charge in [-0.1, -0.05) is 0 Å². The summed E-state index contributed by atoms with van der Waals surface area (Å²) in [6, 6.07) is 0.934. The number of fused-ring (bicyclic) bond motifs is 1. The Morgan fingerprint density at radius 1 is 1.47 bits per heavy atom. The van der Waals surface area contributed by atoms with Gasteiger partial charge in [0.15, 0.2) is 11.6 Å². The van der Waals surface area contributed by atoms with E-state index in [0.29, 0.717) is 31.8 Å². The molecule has 162 valence electrons. The summed E-state index contributed by atoms with van der Waals surface area (Å²) < 4.78 is 28.8. The SMILES string of the molecule is C[C@H]1COc2c(N3CC4CCOC4(CN)C3)c(F)cc3c(=O)c(C(=O)O)cn1c23.Cl. The van der Waals surface area contributed by atoms with Crippen molar-refractivity contribution in [2.75, 3.05) is 37.7 Å². The number of nitrogens with zero attached hydrogens (tertiary/aromatic N) is 2. The minimum absolute atomic E-state index is 0. The van der Waals surface area contributed by atoms with Crippen molar-refractivity contribution < 1.29 is 23.8 Å². The predicted octanol–water partition coefficient (Wildman–Crippen LogP) is 1.77. The van der Waals surface area contributed by atoms with Crippen LogP contribution in [0.5, 0.6) is 5.75 Å². The molecule has 10 heteroatoms. The molecule has 3 atom stereocenters. The maximum atomic E-state index is 15.3. The standard InChI is InChI=1S/C20H22FN3O5.ClH/c1-10-7-28-18-15-12(17(25)13(19(26)27)6-24(10)15)4-14(21)16(18)23-5-11-2-3-29-20(11,8-22)9-23;/h4,6,10-11H,2-3,5,7-9,22H2,1H3,(H,26,27);1H/t10-,11?,20?;/m0./s1. The van der Waals surface area contributed by atoms with Crippen molar-refractivity contribution in [3.8, 4) is 5.75 Å². The number of carboxylic acid groups (broad SMARTS) is 1. The van der Waals surface area contributed by atoms with E-state index in [1.54, 1.807) is 4.57 Å². The first-order valence-electron chi connectivity index (χ1n) is 9.72. The predicted molar refractivity (Wildman–Crippen MR) is 111 cm³/mol. The van der Waals surface area contributed by atoms with Gasteiger partial charge in [0.2, 0.25) is 5.43 Å². The summed E-state index contributed by atoms with van der Waals surface area (Å²) in [7, 11) is 0. The Bertz CT molecular complexity index is 1110. The summed E-state index contributed by atoms with van der Waals surface area (Å²) in [6.45, 7) is 4.13. The Labute approximate surface area is 177 Å². The molecule has 5 rings (SSSR count). The maximum absolute atomic E-state index is 15.3. The van der Waals surface area contributed by atoms with Crippen molar-refractivity contribution in [2.24, 2.45) is 11.7 Å². The average molecular weight is 440 g/mol. The van der Waals surface area contributed by atoms with E-state index in [1.165, 1.54) is 6.20 Å². The number of anilines is 1. The van der Waals surface area contributed by atoms with Crippen molar-refractivity contribution in [1.82, 2.24) is 4.57 Å². The Hall–Kier alpha value is -2.36. The van der Waals surface area contributed by atoms with Crippen LogP contribution in [0.25, 0.3) is 10.9 Å². The van der Waals surface area contributed by atoms with Crippen LogP contribution in [-0.4, -0.2) is 54.1 Å². The third-order valence-electron chi connectivity index (χ3n) is 6.53. The van der Waals surface area contributed by atoms with Gasteiger partial charge in [0.25, 0.3) is 0 Å². The van der Waals surface area contributed by atoms with Crippen molar-refractivity contribution in [1.29, 1.82) is 0 Å². The van der Waals surface area contributed by atoms with Gasteiger partial charge in [-0.05, 0) is 19.4 Å². The number of hydrogen-bond acceptors (Lipinski definition) is 6. The number of aromatic nitrogens is 1. The van der Waals surface area contributed by atoms with Gasteiger partial charge in [-0.15, -0.1) is 12.4 Å². The third-order valence-corrected chi connectivity index (χ3v) is 6.53. The molecule has 1 aromatic heterocycles. The molecule has 3 N–H and O–H groups in total. The van der Waals surface area contributed by atoms with E-state index in [4.69, 9.17) is 15.2 Å². The highest BCUT2D eigenvalue weighted by atomic mass is 35.5. The largest absolute Gasteiger partial charge is 0.487 e. The number of carbonyl (C=O) groups is 1. The number of rotatable bonds is 3. The van der Waals surface area contributed by atoms with Gasteiger partial charge in [0.05, 0.1) is 16.9 Å². The fourth-order valence-electron chi connectivity index (χ4n) is 4.99. The molecule has 1 aromatic carbocycles. The monoisotopic (exact) mass is 439 g/mol. The Morgan fingerprint density at radius 2 is 2.23 bits per heavy atom. The number of hydrogen-bond donors (Lipinski definition) is 2. The molecule has 2 fully saturated rings. The van der Waals surface area contributed by atoms with Crippen LogP contribution in [0.3, 0.4) is 0 Å². The van der Waals surface area contributed by atoms with E-state index < -0.39 is 22.8 Å². The Morgan fingerprint density at radius 3 is 2.90 bits per heavy atom. The topological polar surface area (TPSA) is 107 Å². The number of ether oxygens (including phenoxy) is 2. The molecule has 2 aromatic rings. The van der Waals surface area contributed by atoms with Crippen LogP contribution in [0.4, 0.5) is 10.1 Å². The lowest BCUT2D eigenvalue weighted by Crippen LogP contribution is -2.44. The quantitative estimate of drug-likeness (QED) is 0.750. The first-order valence-corrected chi connectivity index (χ1v) is 9.72. The Balaban J connectivity index is 0.00000218. The summed E-state index contributed by atoms with van der Waals surface area (Å²) in [5.41, 5.74) is 5.11. The maximum Gasteiger partial charge on any atom is 0.341 e. The smallest absolute Gasteiger partial charge is 0.341 e. The zero-order chi connectivity index (χ0) is 20.5. The average Bonchev–Trinajstić information content (AvgIpc) is 3.23. The van der Waals surface area contributed by atoms with Gasteiger partial charge in [-0.3, -0.25) is 4.79 Å². The van der Waals surface area contributed by atoms with Crippen LogP contribution in [0.2, 0.25) is 0 Å². The van der Waals surface area contributed by atoms with Gasteiger partial charge < -0.3 is 29.8 Å². The van der Waals surface area contributed by atoms with Crippen molar-refractivity contribution >= 4 is 35.0 Å². The number of benzene rings is 1. The molecular weight excluding hydrogens is 417 g/mol. The van der Waals surface area contributed by atoms with E-state index in [0.717, 1.165) is 12.5 Å².